The molecule has 0 saturated carbocycles. The molecule has 90 valence electrons. The molecule has 1 aromatic heterocycles. The fourth-order valence-electron chi connectivity index (χ4n) is 2.75. The Morgan fingerprint density at radius 1 is 1.19 bits per heavy atom. The highest BCUT2D eigenvalue weighted by molar-refractivity contribution is 5.18. The largest absolute Gasteiger partial charge is 0.252 e. The van der Waals surface area contributed by atoms with E-state index in [2.05, 4.69) is 31.1 Å². The van der Waals surface area contributed by atoms with Gasteiger partial charge in [0.05, 0.1) is 11.4 Å². The highest BCUT2D eigenvalue weighted by Crippen LogP contribution is 2.40. The van der Waals surface area contributed by atoms with Crippen molar-refractivity contribution in [3.05, 3.63) is 11.4 Å². The summed E-state index contributed by atoms with van der Waals surface area (Å²) in [7, 11) is 2.02. The summed E-state index contributed by atoms with van der Waals surface area (Å²) in [6.07, 6.45) is 6.36. The summed E-state index contributed by atoms with van der Waals surface area (Å²) in [5.41, 5.74) is 2.91. The molecule has 0 aliphatic heterocycles. The van der Waals surface area contributed by atoms with Crippen LogP contribution < -0.4 is 0 Å². The van der Waals surface area contributed by atoms with Gasteiger partial charge in [0.1, 0.15) is 0 Å². The number of rotatable bonds is 0. The smallest absolute Gasteiger partial charge is 0.0895 e. The minimum Gasteiger partial charge on any atom is -0.252 e. The fourth-order valence-corrected chi connectivity index (χ4v) is 2.75. The minimum atomic E-state index is 0.294. The lowest BCUT2D eigenvalue weighted by molar-refractivity contribution is 0.287. The van der Waals surface area contributed by atoms with Crippen molar-refractivity contribution >= 4 is 0 Å². The van der Waals surface area contributed by atoms with Crippen LogP contribution in [-0.4, -0.2) is 15.0 Å². The Hall–Kier alpha value is -0.860. The average molecular weight is 221 g/mol. The van der Waals surface area contributed by atoms with Gasteiger partial charge in [0, 0.05) is 13.0 Å². The van der Waals surface area contributed by atoms with Crippen molar-refractivity contribution in [2.75, 3.05) is 0 Å². The monoisotopic (exact) mass is 221 g/mol. The van der Waals surface area contributed by atoms with Crippen molar-refractivity contribution in [2.45, 2.75) is 58.8 Å². The topological polar surface area (TPSA) is 30.7 Å². The normalized spacial score (nSPS) is 22.4. The second-order valence-electron chi connectivity index (χ2n) is 6.06. The zero-order chi connectivity index (χ0) is 11.8. The summed E-state index contributed by atoms with van der Waals surface area (Å²) < 4.78 is 1.97. The van der Waals surface area contributed by atoms with Crippen LogP contribution in [0.1, 0.15) is 63.8 Å². The Morgan fingerprint density at radius 3 is 2.62 bits per heavy atom. The van der Waals surface area contributed by atoms with Crippen molar-refractivity contribution < 1.29 is 0 Å². The maximum Gasteiger partial charge on any atom is 0.0895 e. The Balaban J connectivity index is 2.40. The molecule has 0 fully saturated rings. The lowest BCUT2D eigenvalue weighted by Gasteiger charge is -2.31. The van der Waals surface area contributed by atoms with Gasteiger partial charge in [0.15, 0.2) is 0 Å². The molecule has 1 heterocycles. The minimum absolute atomic E-state index is 0.294. The first-order valence-corrected chi connectivity index (χ1v) is 6.38. The molecule has 1 aromatic rings. The van der Waals surface area contributed by atoms with Gasteiger partial charge in [-0.2, -0.15) is 0 Å². The van der Waals surface area contributed by atoms with E-state index in [0.717, 1.165) is 6.42 Å². The SMILES string of the molecule is Cn1nnc2c1CCCCCC2C(C)(C)C. The van der Waals surface area contributed by atoms with Gasteiger partial charge in [-0.25, -0.2) is 0 Å². The Bertz CT molecular complexity index is 360. The van der Waals surface area contributed by atoms with Crippen LogP contribution >= 0.6 is 0 Å². The van der Waals surface area contributed by atoms with Gasteiger partial charge in [0.25, 0.3) is 0 Å². The number of aromatic nitrogens is 3. The Kier molecular flexibility index (Phi) is 3.04. The van der Waals surface area contributed by atoms with Crippen molar-refractivity contribution in [2.24, 2.45) is 12.5 Å². The van der Waals surface area contributed by atoms with Gasteiger partial charge in [-0.1, -0.05) is 38.8 Å². The number of fused-ring (bicyclic) bond motifs is 1. The summed E-state index contributed by atoms with van der Waals surface area (Å²) in [5, 5.41) is 8.63. The first-order chi connectivity index (χ1) is 7.50. The predicted molar refractivity (Wildman–Crippen MR) is 65.4 cm³/mol. The summed E-state index contributed by atoms with van der Waals surface area (Å²) in [5.74, 6) is 0.566. The van der Waals surface area contributed by atoms with Crippen LogP contribution in [0.2, 0.25) is 0 Å². The molecule has 2 rings (SSSR count). The summed E-state index contributed by atoms with van der Waals surface area (Å²) in [6.45, 7) is 6.95. The van der Waals surface area contributed by atoms with Crippen LogP contribution in [0.5, 0.6) is 0 Å². The van der Waals surface area contributed by atoms with Crippen LogP contribution in [0.15, 0.2) is 0 Å². The van der Waals surface area contributed by atoms with Crippen LogP contribution in [0.25, 0.3) is 0 Å². The first-order valence-electron chi connectivity index (χ1n) is 6.38. The molecule has 0 amide bonds. The third-order valence-electron chi connectivity index (χ3n) is 3.75. The lowest BCUT2D eigenvalue weighted by Crippen LogP contribution is -2.21. The quantitative estimate of drug-likeness (QED) is 0.674. The first kappa shape index (κ1) is 11.6. The molecular formula is C13H23N3. The zero-order valence-electron chi connectivity index (χ0n) is 11.0. The molecule has 0 bridgehead atoms. The van der Waals surface area contributed by atoms with E-state index in [-0.39, 0.29) is 0 Å². The standard InChI is InChI=1S/C13H23N3/c1-13(2,3)10-8-6-5-7-9-11-12(10)14-15-16(11)4/h10H,5-9H2,1-4H3. The van der Waals surface area contributed by atoms with Gasteiger partial charge in [-0.05, 0) is 24.7 Å². The molecule has 1 unspecified atom stereocenters. The Labute approximate surface area is 98.2 Å². The van der Waals surface area contributed by atoms with Crippen molar-refractivity contribution in [3.63, 3.8) is 0 Å². The molecular weight excluding hydrogens is 198 g/mol. The average Bonchev–Trinajstić information content (AvgIpc) is 2.44. The van der Waals surface area contributed by atoms with E-state index in [1.807, 2.05) is 11.7 Å². The highest BCUT2D eigenvalue weighted by Gasteiger charge is 2.31. The number of aryl methyl sites for hydroxylation is 1. The third-order valence-corrected chi connectivity index (χ3v) is 3.75. The molecule has 1 aliphatic rings. The molecule has 0 radical (unpaired) electrons. The maximum absolute atomic E-state index is 4.42. The van der Waals surface area contributed by atoms with E-state index in [1.165, 1.54) is 37.1 Å². The maximum atomic E-state index is 4.42. The van der Waals surface area contributed by atoms with Crippen LogP contribution in [0.4, 0.5) is 0 Å². The van der Waals surface area contributed by atoms with Gasteiger partial charge in [-0.15, -0.1) is 5.10 Å². The third kappa shape index (κ3) is 2.13. The van der Waals surface area contributed by atoms with Gasteiger partial charge in [-0.3, -0.25) is 4.68 Å². The van der Waals surface area contributed by atoms with E-state index < -0.39 is 0 Å². The molecule has 1 aliphatic carbocycles. The molecule has 16 heavy (non-hydrogen) atoms. The molecule has 0 aromatic carbocycles. The highest BCUT2D eigenvalue weighted by atomic mass is 15.4. The molecule has 0 saturated heterocycles. The predicted octanol–water partition coefficient (Wildman–Crippen LogP) is 3.06. The van der Waals surface area contributed by atoms with E-state index >= 15 is 0 Å². The molecule has 3 heteroatoms. The number of hydrogen-bond donors (Lipinski definition) is 0. The summed E-state index contributed by atoms with van der Waals surface area (Å²) in [4.78, 5) is 0. The van der Waals surface area contributed by atoms with Crippen LogP contribution in [0.3, 0.4) is 0 Å². The second kappa shape index (κ2) is 4.19. The molecule has 0 N–H and O–H groups in total. The molecule has 0 spiro atoms. The molecule has 1 atom stereocenters. The molecule has 3 nitrogen and oxygen atoms in total. The Morgan fingerprint density at radius 2 is 1.94 bits per heavy atom. The number of nitrogens with zero attached hydrogens (tertiary/aromatic N) is 3. The second-order valence-corrected chi connectivity index (χ2v) is 6.06. The van der Waals surface area contributed by atoms with Crippen molar-refractivity contribution in [1.29, 1.82) is 0 Å². The van der Waals surface area contributed by atoms with Crippen molar-refractivity contribution in [3.8, 4) is 0 Å². The van der Waals surface area contributed by atoms with Crippen molar-refractivity contribution in [1.82, 2.24) is 15.0 Å². The number of hydrogen-bond acceptors (Lipinski definition) is 2. The summed E-state index contributed by atoms with van der Waals surface area (Å²) in [6, 6.07) is 0. The van der Waals surface area contributed by atoms with E-state index in [1.54, 1.807) is 0 Å². The van der Waals surface area contributed by atoms with Crippen LogP contribution in [0, 0.1) is 5.41 Å². The fraction of sp³-hybridized carbons (Fsp3) is 0.846. The van der Waals surface area contributed by atoms with E-state index in [4.69, 9.17) is 0 Å². The van der Waals surface area contributed by atoms with Gasteiger partial charge >= 0.3 is 0 Å². The summed E-state index contributed by atoms with van der Waals surface area (Å²) >= 11 is 0. The lowest BCUT2D eigenvalue weighted by atomic mass is 9.74. The zero-order valence-corrected chi connectivity index (χ0v) is 11.0. The van der Waals surface area contributed by atoms with Gasteiger partial charge < -0.3 is 0 Å². The van der Waals surface area contributed by atoms with E-state index in [9.17, 15) is 0 Å². The van der Waals surface area contributed by atoms with E-state index in [0.29, 0.717) is 11.3 Å². The van der Waals surface area contributed by atoms with Gasteiger partial charge in [0.2, 0.25) is 0 Å². The van der Waals surface area contributed by atoms with Crippen LogP contribution in [-0.2, 0) is 13.5 Å².